The largest absolute Gasteiger partial charge is 0.352 e. The van der Waals surface area contributed by atoms with Gasteiger partial charge in [0, 0.05) is 25.8 Å². The molecule has 1 rings (SSSR count). The van der Waals surface area contributed by atoms with Gasteiger partial charge in [0.2, 0.25) is 5.95 Å². The quantitative estimate of drug-likeness (QED) is 0.716. The van der Waals surface area contributed by atoms with Gasteiger partial charge >= 0.3 is 0 Å². The van der Waals surface area contributed by atoms with Crippen LogP contribution in [0.15, 0.2) is 18.9 Å². The van der Waals surface area contributed by atoms with Gasteiger partial charge in [0.25, 0.3) is 0 Å². The lowest BCUT2D eigenvalue weighted by Crippen LogP contribution is -2.19. The Kier molecular flexibility index (Phi) is 4.37. The van der Waals surface area contributed by atoms with Crippen molar-refractivity contribution >= 4 is 5.95 Å². The fourth-order valence-corrected chi connectivity index (χ4v) is 1.33. The predicted molar refractivity (Wildman–Crippen MR) is 64.2 cm³/mol. The number of aryl methyl sites for hydroxylation is 1. The van der Waals surface area contributed by atoms with Gasteiger partial charge in [0.1, 0.15) is 0 Å². The van der Waals surface area contributed by atoms with Crippen LogP contribution in [0.1, 0.15) is 5.69 Å². The van der Waals surface area contributed by atoms with E-state index in [1.165, 1.54) is 0 Å². The summed E-state index contributed by atoms with van der Waals surface area (Å²) in [6.45, 7) is 8.40. The third-order valence-corrected chi connectivity index (χ3v) is 2.09. The van der Waals surface area contributed by atoms with Crippen LogP contribution >= 0.6 is 0 Å². The third-order valence-electron chi connectivity index (χ3n) is 2.09. The Balaban J connectivity index is 2.63. The molecule has 1 aromatic rings. The Morgan fingerprint density at radius 2 is 2.33 bits per heavy atom. The molecule has 0 aliphatic heterocycles. The lowest BCUT2D eigenvalue weighted by molar-refractivity contribution is 0.385. The summed E-state index contributed by atoms with van der Waals surface area (Å²) in [5, 5.41) is 3.22. The SMILES string of the molecule is C=CCNc1nc(C)cn1CCN(C)C. The first-order valence-corrected chi connectivity index (χ1v) is 5.16. The summed E-state index contributed by atoms with van der Waals surface area (Å²) < 4.78 is 2.14. The minimum absolute atomic E-state index is 0.748. The van der Waals surface area contributed by atoms with Gasteiger partial charge in [-0.1, -0.05) is 6.08 Å². The zero-order valence-electron chi connectivity index (χ0n) is 9.82. The molecular weight excluding hydrogens is 188 g/mol. The van der Waals surface area contributed by atoms with Crippen molar-refractivity contribution in [3.8, 4) is 0 Å². The molecular formula is C11H20N4. The van der Waals surface area contributed by atoms with Crippen LogP contribution in [-0.2, 0) is 6.54 Å². The molecule has 84 valence electrons. The Hall–Kier alpha value is -1.29. The topological polar surface area (TPSA) is 33.1 Å². The van der Waals surface area contributed by atoms with Crippen molar-refractivity contribution in [1.29, 1.82) is 0 Å². The van der Waals surface area contributed by atoms with Crippen LogP contribution in [0.25, 0.3) is 0 Å². The van der Waals surface area contributed by atoms with Crippen LogP contribution in [0.3, 0.4) is 0 Å². The van der Waals surface area contributed by atoms with E-state index in [0.29, 0.717) is 0 Å². The molecule has 4 heteroatoms. The van der Waals surface area contributed by atoms with E-state index in [1.54, 1.807) is 0 Å². The molecule has 0 amide bonds. The van der Waals surface area contributed by atoms with E-state index in [2.05, 4.69) is 46.6 Å². The van der Waals surface area contributed by atoms with Gasteiger partial charge in [0.15, 0.2) is 0 Å². The molecule has 0 spiro atoms. The van der Waals surface area contributed by atoms with Crippen LogP contribution in [0.2, 0.25) is 0 Å². The lowest BCUT2D eigenvalue weighted by atomic mass is 10.5. The van der Waals surface area contributed by atoms with Crippen molar-refractivity contribution in [2.24, 2.45) is 0 Å². The number of likely N-dealkylation sites (N-methyl/N-ethyl adjacent to an activating group) is 1. The Morgan fingerprint density at radius 1 is 1.60 bits per heavy atom. The number of anilines is 1. The number of aromatic nitrogens is 2. The van der Waals surface area contributed by atoms with E-state index in [1.807, 2.05) is 13.0 Å². The molecule has 0 radical (unpaired) electrons. The summed E-state index contributed by atoms with van der Waals surface area (Å²) in [6, 6.07) is 0. The van der Waals surface area contributed by atoms with E-state index >= 15 is 0 Å². The molecule has 1 heterocycles. The van der Waals surface area contributed by atoms with Gasteiger partial charge in [-0.05, 0) is 21.0 Å². The summed E-state index contributed by atoms with van der Waals surface area (Å²) in [6.07, 6.45) is 3.90. The third kappa shape index (κ3) is 3.75. The second-order valence-corrected chi connectivity index (χ2v) is 3.87. The lowest BCUT2D eigenvalue weighted by Gasteiger charge is -2.12. The predicted octanol–water partition coefficient (Wildman–Crippen LogP) is 1.35. The second-order valence-electron chi connectivity index (χ2n) is 3.87. The maximum atomic E-state index is 4.41. The Labute approximate surface area is 91.6 Å². The zero-order chi connectivity index (χ0) is 11.3. The van der Waals surface area contributed by atoms with Gasteiger partial charge in [0.05, 0.1) is 5.69 Å². The maximum absolute atomic E-state index is 4.41. The van der Waals surface area contributed by atoms with Crippen molar-refractivity contribution < 1.29 is 0 Å². The van der Waals surface area contributed by atoms with Crippen LogP contribution in [0.5, 0.6) is 0 Å². The van der Waals surface area contributed by atoms with Crippen LogP contribution in [0.4, 0.5) is 5.95 Å². The highest BCUT2D eigenvalue weighted by atomic mass is 15.2. The van der Waals surface area contributed by atoms with E-state index < -0.39 is 0 Å². The van der Waals surface area contributed by atoms with Crippen LogP contribution in [0, 0.1) is 6.92 Å². The average molecular weight is 208 g/mol. The highest BCUT2D eigenvalue weighted by Crippen LogP contribution is 2.07. The second kappa shape index (κ2) is 5.56. The molecule has 0 bridgehead atoms. The van der Waals surface area contributed by atoms with Crippen molar-refractivity contribution in [3.63, 3.8) is 0 Å². The fraction of sp³-hybridized carbons (Fsp3) is 0.545. The van der Waals surface area contributed by atoms with Gasteiger partial charge in [-0.25, -0.2) is 4.98 Å². The monoisotopic (exact) mass is 208 g/mol. The summed E-state index contributed by atoms with van der Waals surface area (Å²) in [7, 11) is 4.14. The fourth-order valence-electron chi connectivity index (χ4n) is 1.33. The Bertz CT molecular complexity index is 314. The molecule has 0 saturated carbocycles. The van der Waals surface area contributed by atoms with Gasteiger partial charge in [-0.2, -0.15) is 0 Å². The minimum Gasteiger partial charge on any atom is -0.352 e. The molecule has 15 heavy (non-hydrogen) atoms. The first-order valence-electron chi connectivity index (χ1n) is 5.16. The molecule has 0 aliphatic rings. The number of rotatable bonds is 6. The molecule has 1 N–H and O–H groups in total. The number of nitrogens with one attached hydrogen (secondary N) is 1. The number of imidazole rings is 1. The number of nitrogens with zero attached hydrogens (tertiary/aromatic N) is 3. The van der Waals surface area contributed by atoms with E-state index in [-0.39, 0.29) is 0 Å². The summed E-state index contributed by atoms with van der Waals surface area (Å²) in [5.41, 5.74) is 1.04. The first kappa shape index (κ1) is 11.8. The van der Waals surface area contributed by atoms with Crippen molar-refractivity contribution in [2.45, 2.75) is 13.5 Å². The molecule has 0 atom stereocenters. The number of hydrogen-bond donors (Lipinski definition) is 1. The first-order chi connectivity index (χ1) is 7.13. The van der Waals surface area contributed by atoms with Crippen LogP contribution < -0.4 is 5.32 Å². The zero-order valence-corrected chi connectivity index (χ0v) is 9.82. The average Bonchev–Trinajstić information content (AvgIpc) is 2.52. The normalized spacial score (nSPS) is 10.7. The smallest absolute Gasteiger partial charge is 0.203 e. The van der Waals surface area contributed by atoms with Gasteiger partial charge < -0.3 is 14.8 Å². The molecule has 0 aromatic carbocycles. The molecule has 0 fully saturated rings. The molecule has 1 aromatic heterocycles. The van der Waals surface area contributed by atoms with E-state index in [0.717, 1.165) is 31.3 Å². The Morgan fingerprint density at radius 3 is 2.93 bits per heavy atom. The number of hydrogen-bond acceptors (Lipinski definition) is 3. The van der Waals surface area contributed by atoms with Crippen molar-refractivity contribution in [3.05, 3.63) is 24.5 Å². The van der Waals surface area contributed by atoms with Crippen molar-refractivity contribution in [2.75, 3.05) is 32.5 Å². The standard InChI is InChI=1S/C11H20N4/c1-5-6-12-11-13-10(2)9-15(11)8-7-14(3)4/h5,9H,1,6-8H2,2-4H3,(H,12,13). The van der Waals surface area contributed by atoms with Crippen LogP contribution in [-0.4, -0.2) is 41.6 Å². The van der Waals surface area contributed by atoms with E-state index in [4.69, 9.17) is 0 Å². The maximum Gasteiger partial charge on any atom is 0.203 e. The molecule has 0 aliphatic carbocycles. The molecule has 0 saturated heterocycles. The highest BCUT2D eigenvalue weighted by molar-refractivity contribution is 5.29. The summed E-state index contributed by atoms with van der Waals surface area (Å²) in [5.74, 6) is 0.925. The van der Waals surface area contributed by atoms with E-state index in [9.17, 15) is 0 Å². The summed E-state index contributed by atoms with van der Waals surface area (Å²) >= 11 is 0. The van der Waals surface area contributed by atoms with Crippen molar-refractivity contribution in [1.82, 2.24) is 14.5 Å². The van der Waals surface area contributed by atoms with Gasteiger partial charge in [-0.3, -0.25) is 0 Å². The minimum atomic E-state index is 0.748. The highest BCUT2D eigenvalue weighted by Gasteiger charge is 2.04. The summed E-state index contributed by atoms with van der Waals surface area (Å²) in [4.78, 5) is 6.57. The van der Waals surface area contributed by atoms with Gasteiger partial charge in [-0.15, -0.1) is 6.58 Å². The molecule has 4 nitrogen and oxygen atoms in total. The molecule has 0 unspecified atom stereocenters.